The van der Waals surface area contributed by atoms with Gasteiger partial charge < -0.3 is 19.5 Å². The van der Waals surface area contributed by atoms with Crippen molar-refractivity contribution in [2.75, 3.05) is 39.9 Å². The third kappa shape index (κ3) is 6.99. The van der Waals surface area contributed by atoms with Gasteiger partial charge in [-0.25, -0.2) is 0 Å². The molecule has 1 aliphatic rings. The molecule has 1 N–H and O–H groups in total. The number of morpholine rings is 1. The van der Waals surface area contributed by atoms with Crippen molar-refractivity contribution in [3.05, 3.63) is 53.9 Å². The fraction of sp³-hybridized carbons (Fsp3) is 0.522. The highest BCUT2D eigenvalue weighted by Gasteiger charge is 2.20. The van der Waals surface area contributed by atoms with E-state index in [9.17, 15) is 0 Å². The molecule has 1 fully saturated rings. The summed E-state index contributed by atoms with van der Waals surface area (Å²) in [7, 11) is 1.66. The Morgan fingerprint density at radius 1 is 1.24 bits per heavy atom. The van der Waals surface area contributed by atoms with Gasteiger partial charge in [-0.3, -0.25) is 9.88 Å². The Morgan fingerprint density at radius 3 is 2.90 bits per heavy atom. The van der Waals surface area contributed by atoms with Gasteiger partial charge in [-0.2, -0.15) is 0 Å². The third-order valence-electron chi connectivity index (χ3n) is 4.89. The van der Waals surface area contributed by atoms with E-state index in [-0.39, 0.29) is 6.10 Å². The minimum Gasteiger partial charge on any atom is -0.493 e. The second-order valence-corrected chi connectivity index (χ2v) is 7.91. The first-order chi connectivity index (χ1) is 14.1. The van der Waals surface area contributed by atoms with Crippen LogP contribution in [0.25, 0.3) is 0 Å². The van der Waals surface area contributed by atoms with Crippen LogP contribution in [0.15, 0.2) is 42.7 Å². The van der Waals surface area contributed by atoms with Crippen LogP contribution >= 0.6 is 0 Å². The molecule has 29 heavy (non-hydrogen) atoms. The normalized spacial score (nSPS) is 17.4. The zero-order valence-electron chi connectivity index (χ0n) is 17.8. The third-order valence-corrected chi connectivity index (χ3v) is 4.89. The van der Waals surface area contributed by atoms with Crippen molar-refractivity contribution in [3.63, 3.8) is 0 Å². The van der Waals surface area contributed by atoms with E-state index in [0.717, 1.165) is 62.0 Å². The van der Waals surface area contributed by atoms with Crippen LogP contribution in [0.3, 0.4) is 0 Å². The molecular weight excluding hydrogens is 366 g/mol. The molecule has 3 rings (SSSR count). The van der Waals surface area contributed by atoms with E-state index in [4.69, 9.17) is 14.2 Å². The average molecular weight is 400 g/mol. The topological polar surface area (TPSA) is 55.9 Å². The molecule has 1 aromatic heterocycles. The van der Waals surface area contributed by atoms with Crippen LogP contribution in [0.5, 0.6) is 11.5 Å². The molecule has 1 aromatic carbocycles. The molecule has 0 radical (unpaired) electrons. The van der Waals surface area contributed by atoms with Gasteiger partial charge in [0.2, 0.25) is 0 Å². The Hall–Kier alpha value is -2.15. The first kappa shape index (κ1) is 21.6. The molecule has 0 amide bonds. The van der Waals surface area contributed by atoms with Crippen molar-refractivity contribution < 1.29 is 14.2 Å². The summed E-state index contributed by atoms with van der Waals surface area (Å²) >= 11 is 0. The van der Waals surface area contributed by atoms with Crippen LogP contribution in [0, 0.1) is 5.92 Å². The molecule has 1 unspecified atom stereocenters. The number of rotatable bonds is 10. The van der Waals surface area contributed by atoms with E-state index in [2.05, 4.69) is 35.1 Å². The number of hydrogen-bond acceptors (Lipinski definition) is 6. The largest absolute Gasteiger partial charge is 0.493 e. The van der Waals surface area contributed by atoms with Crippen LogP contribution in [0.1, 0.15) is 25.0 Å². The van der Waals surface area contributed by atoms with Crippen molar-refractivity contribution in [1.29, 1.82) is 0 Å². The van der Waals surface area contributed by atoms with E-state index in [1.165, 1.54) is 0 Å². The second kappa shape index (κ2) is 11.1. The van der Waals surface area contributed by atoms with Gasteiger partial charge in [-0.1, -0.05) is 26.0 Å². The van der Waals surface area contributed by atoms with Crippen LogP contribution < -0.4 is 14.8 Å². The smallest absolute Gasteiger partial charge is 0.161 e. The molecule has 0 spiro atoms. The van der Waals surface area contributed by atoms with Gasteiger partial charge in [0.1, 0.15) is 6.61 Å². The highest BCUT2D eigenvalue weighted by molar-refractivity contribution is 5.43. The number of ether oxygens (including phenoxy) is 3. The molecule has 2 aromatic rings. The van der Waals surface area contributed by atoms with Crippen molar-refractivity contribution in [1.82, 2.24) is 15.2 Å². The molecule has 0 bridgehead atoms. The number of nitrogens with zero attached hydrogens (tertiary/aromatic N) is 2. The van der Waals surface area contributed by atoms with Crippen LogP contribution in [0.4, 0.5) is 0 Å². The van der Waals surface area contributed by atoms with Gasteiger partial charge in [-0.15, -0.1) is 0 Å². The van der Waals surface area contributed by atoms with Crippen molar-refractivity contribution >= 4 is 0 Å². The van der Waals surface area contributed by atoms with Crippen LogP contribution in [-0.2, 0) is 17.9 Å². The number of methoxy groups -OCH3 is 1. The summed E-state index contributed by atoms with van der Waals surface area (Å²) in [6, 6.07) is 9.96. The van der Waals surface area contributed by atoms with Gasteiger partial charge in [-0.05, 0) is 29.7 Å². The molecule has 6 nitrogen and oxygen atoms in total. The Balaban J connectivity index is 1.50. The molecule has 2 heterocycles. The van der Waals surface area contributed by atoms with Crippen molar-refractivity contribution in [2.45, 2.75) is 33.1 Å². The summed E-state index contributed by atoms with van der Waals surface area (Å²) in [6.07, 6.45) is 3.81. The quantitative estimate of drug-likeness (QED) is 0.663. The van der Waals surface area contributed by atoms with Gasteiger partial charge in [0, 0.05) is 50.7 Å². The molecule has 0 saturated carbocycles. The SMILES string of the molecule is COc1ccc(CNCC2CN(CC(C)C)CCO2)cc1OCc1cccnc1. The summed E-state index contributed by atoms with van der Waals surface area (Å²) in [5.74, 6) is 2.16. The zero-order chi connectivity index (χ0) is 20.5. The predicted octanol–water partition coefficient (Wildman–Crippen LogP) is 3.12. The van der Waals surface area contributed by atoms with Crippen LogP contribution in [-0.4, -0.2) is 55.9 Å². The van der Waals surface area contributed by atoms with E-state index in [0.29, 0.717) is 12.5 Å². The maximum atomic E-state index is 5.98. The monoisotopic (exact) mass is 399 g/mol. The highest BCUT2D eigenvalue weighted by atomic mass is 16.5. The zero-order valence-corrected chi connectivity index (χ0v) is 17.8. The molecular formula is C23H33N3O3. The first-order valence-corrected chi connectivity index (χ1v) is 10.4. The standard InChI is InChI=1S/C23H33N3O3/c1-18(2)15-26-9-10-28-21(16-26)14-25-12-19-6-7-22(27-3)23(11-19)29-17-20-5-4-8-24-13-20/h4-8,11,13,18,21,25H,9-10,12,14-17H2,1-3H3. The lowest BCUT2D eigenvalue weighted by Crippen LogP contribution is -2.47. The summed E-state index contributed by atoms with van der Waals surface area (Å²) < 4.78 is 17.3. The number of hydrogen-bond donors (Lipinski definition) is 1. The van der Waals surface area contributed by atoms with Crippen LogP contribution in [0.2, 0.25) is 0 Å². The number of nitrogens with one attached hydrogen (secondary N) is 1. The van der Waals surface area contributed by atoms with Gasteiger partial charge in [0.25, 0.3) is 0 Å². The Bertz CT molecular complexity index is 739. The lowest BCUT2D eigenvalue weighted by atomic mass is 10.1. The number of benzene rings is 1. The first-order valence-electron chi connectivity index (χ1n) is 10.4. The minimum absolute atomic E-state index is 0.238. The molecule has 158 valence electrons. The Labute approximate surface area is 174 Å². The molecule has 1 atom stereocenters. The van der Waals surface area contributed by atoms with E-state index in [1.807, 2.05) is 30.5 Å². The molecule has 6 heteroatoms. The van der Waals surface area contributed by atoms with E-state index < -0.39 is 0 Å². The summed E-state index contributed by atoms with van der Waals surface area (Å²) in [5.41, 5.74) is 2.18. The maximum Gasteiger partial charge on any atom is 0.161 e. The Morgan fingerprint density at radius 2 is 2.14 bits per heavy atom. The lowest BCUT2D eigenvalue weighted by Gasteiger charge is -2.34. The molecule has 0 aliphatic carbocycles. The molecule has 1 aliphatic heterocycles. The van der Waals surface area contributed by atoms with Crippen molar-refractivity contribution in [2.24, 2.45) is 5.92 Å². The fourth-order valence-electron chi connectivity index (χ4n) is 3.55. The fourth-order valence-corrected chi connectivity index (χ4v) is 3.55. The number of aromatic nitrogens is 1. The minimum atomic E-state index is 0.238. The van der Waals surface area contributed by atoms with Gasteiger partial charge >= 0.3 is 0 Å². The maximum absolute atomic E-state index is 5.98. The number of pyridine rings is 1. The van der Waals surface area contributed by atoms with Crippen molar-refractivity contribution in [3.8, 4) is 11.5 Å². The predicted molar refractivity (Wildman–Crippen MR) is 114 cm³/mol. The summed E-state index contributed by atoms with van der Waals surface area (Å²) in [4.78, 5) is 6.62. The summed E-state index contributed by atoms with van der Waals surface area (Å²) in [5, 5.41) is 3.53. The van der Waals surface area contributed by atoms with Gasteiger partial charge in [0.15, 0.2) is 11.5 Å². The molecule has 1 saturated heterocycles. The summed E-state index contributed by atoms with van der Waals surface area (Å²) in [6.45, 7) is 10.6. The average Bonchev–Trinajstić information content (AvgIpc) is 2.73. The lowest BCUT2D eigenvalue weighted by molar-refractivity contribution is -0.0303. The second-order valence-electron chi connectivity index (χ2n) is 7.91. The van der Waals surface area contributed by atoms with E-state index in [1.54, 1.807) is 13.3 Å². The van der Waals surface area contributed by atoms with E-state index >= 15 is 0 Å². The Kier molecular flexibility index (Phi) is 8.28. The van der Waals surface area contributed by atoms with Gasteiger partial charge in [0.05, 0.1) is 19.8 Å². The highest BCUT2D eigenvalue weighted by Crippen LogP contribution is 2.28.